The normalized spacial score (nSPS) is 10.4. The molecule has 0 aliphatic heterocycles. The molecule has 3 aromatic rings. The van der Waals surface area contributed by atoms with Crippen molar-refractivity contribution in [3.05, 3.63) is 55.1 Å². The van der Waals surface area contributed by atoms with Crippen molar-refractivity contribution in [3.8, 4) is 0 Å². The van der Waals surface area contributed by atoms with Gasteiger partial charge in [0.15, 0.2) is 0 Å². The van der Waals surface area contributed by atoms with Crippen molar-refractivity contribution in [2.24, 2.45) is 0 Å². The smallest absolute Gasteiger partial charge is 0.150 e. The first-order valence-corrected chi connectivity index (χ1v) is 5.30. The number of fused-ring (bicyclic) bond motifs is 1. The van der Waals surface area contributed by atoms with E-state index < -0.39 is 0 Å². The SMILES string of the molecule is c1ccc2c(Nc3cnccn3)nccc2c1. The lowest BCUT2D eigenvalue weighted by molar-refractivity contribution is 1.19. The lowest BCUT2D eigenvalue weighted by Crippen LogP contribution is -1.96. The highest BCUT2D eigenvalue weighted by atomic mass is 15.1. The van der Waals surface area contributed by atoms with Crippen LogP contribution in [-0.4, -0.2) is 15.0 Å². The number of aromatic nitrogens is 3. The molecule has 0 radical (unpaired) electrons. The molecule has 0 saturated carbocycles. The summed E-state index contributed by atoms with van der Waals surface area (Å²) in [4.78, 5) is 12.5. The maximum absolute atomic E-state index is 4.32. The van der Waals surface area contributed by atoms with Crippen LogP contribution in [0.15, 0.2) is 55.1 Å². The molecule has 0 unspecified atom stereocenters. The first-order valence-electron chi connectivity index (χ1n) is 5.30. The molecule has 2 heterocycles. The Morgan fingerprint density at radius 3 is 2.71 bits per heavy atom. The second kappa shape index (κ2) is 4.17. The molecule has 0 fully saturated rings. The molecular weight excluding hydrogens is 212 g/mol. The molecule has 3 rings (SSSR count). The zero-order chi connectivity index (χ0) is 11.5. The van der Waals surface area contributed by atoms with E-state index in [4.69, 9.17) is 0 Å². The van der Waals surface area contributed by atoms with E-state index in [-0.39, 0.29) is 0 Å². The summed E-state index contributed by atoms with van der Waals surface area (Å²) < 4.78 is 0. The third kappa shape index (κ3) is 1.92. The molecule has 0 atom stereocenters. The zero-order valence-electron chi connectivity index (χ0n) is 9.04. The minimum atomic E-state index is 0.691. The molecule has 4 nitrogen and oxygen atoms in total. The van der Waals surface area contributed by atoms with Crippen LogP contribution < -0.4 is 5.32 Å². The molecule has 1 aromatic carbocycles. The highest BCUT2D eigenvalue weighted by Crippen LogP contribution is 2.22. The fourth-order valence-electron chi connectivity index (χ4n) is 1.70. The van der Waals surface area contributed by atoms with E-state index in [0.29, 0.717) is 5.82 Å². The Morgan fingerprint density at radius 2 is 1.82 bits per heavy atom. The lowest BCUT2D eigenvalue weighted by atomic mass is 10.1. The first kappa shape index (κ1) is 9.72. The maximum atomic E-state index is 4.32. The predicted octanol–water partition coefficient (Wildman–Crippen LogP) is 2.77. The molecule has 1 N–H and O–H groups in total. The number of hydrogen-bond acceptors (Lipinski definition) is 4. The van der Waals surface area contributed by atoms with Gasteiger partial charge in [-0.2, -0.15) is 0 Å². The topological polar surface area (TPSA) is 50.7 Å². The van der Waals surface area contributed by atoms with Crippen molar-refractivity contribution in [2.45, 2.75) is 0 Å². The molecule has 0 saturated heterocycles. The summed E-state index contributed by atoms with van der Waals surface area (Å²) in [7, 11) is 0. The predicted molar refractivity (Wildman–Crippen MR) is 67.1 cm³/mol. The Balaban J connectivity index is 2.06. The number of nitrogens with one attached hydrogen (secondary N) is 1. The summed E-state index contributed by atoms with van der Waals surface area (Å²) >= 11 is 0. The Hall–Kier alpha value is -2.49. The Morgan fingerprint density at radius 1 is 0.882 bits per heavy atom. The fourth-order valence-corrected chi connectivity index (χ4v) is 1.70. The Kier molecular flexibility index (Phi) is 2.38. The average Bonchev–Trinajstić information content (AvgIpc) is 2.40. The molecular formula is C13H10N4. The third-order valence-electron chi connectivity index (χ3n) is 2.48. The van der Waals surface area contributed by atoms with E-state index in [1.165, 1.54) is 0 Å². The average molecular weight is 222 g/mol. The van der Waals surface area contributed by atoms with Crippen LogP contribution in [0.4, 0.5) is 11.6 Å². The van der Waals surface area contributed by atoms with Crippen LogP contribution in [0.25, 0.3) is 10.8 Å². The first-order chi connectivity index (χ1) is 8.43. The highest BCUT2D eigenvalue weighted by molar-refractivity contribution is 5.92. The largest absolute Gasteiger partial charge is 0.323 e. The highest BCUT2D eigenvalue weighted by Gasteiger charge is 2.02. The molecule has 0 bridgehead atoms. The number of nitrogens with zero attached hydrogens (tertiary/aromatic N) is 3. The van der Waals surface area contributed by atoms with Crippen LogP contribution in [0.5, 0.6) is 0 Å². The van der Waals surface area contributed by atoms with E-state index >= 15 is 0 Å². The Labute approximate surface area is 98.4 Å². The van der Waals surface area contributed by atoms with Gasteiger partial charge in [-0.25, -0.2) is 9.97 Å². The second-order valence-corrected chi connectivity index (χ2v) is 3.60. The monoisotopic (exact) mass is 222 g/mol. The number of benzene rings is 1. The standard InChI is InChI=1S/C13H10N4/c1-2-4-11-10(3-1)5-6-16-13(11)17-12-9-14-7-8-15-12/h1-9H,(H,15,16,17). The Bertz CT molecular complexity index is 632. The van der Waals surface area contributed by atoms with Crippen molar-refractivity contribution < 1.29 is 0 Å². The van der Waals surface area contributed by atoms with Crippen LogP contribution in [0.1, 0.15) is 0 Å². The number of hydrogen-bond donors (Lipinski definition) is 1. The van der Waals surface area contributed by atoms with E-state index in [9.17, 15) is 0 Å². The summed E-state index contributed by atoms with van der Waals surface area (Å²) in [5, 5.41) is 5.38. The molecule has 0 aliphatic rings. The molecule has 4 heteroatoms. The summed E-state index contributed by atoms with van der Waals surface area (Å²) in [5.74, 6) is 1.49. The maximum Gasteiger partial charge on any atom is 0.150 e. The molecule has 2 aromatic heterocycles. The van der Waals surface area contributed by atoms with Gasteiger partial charge in [-0.05, 0) is 11.5 Å². The van der Waals surface area contributed by atoms with Gasteiger partial charge in [-0.15, -0.1) is 0 Å². The summed E-state index contributed by atoms with van der Waals surface area (Å²) in [5.41, 5.74) is 0. The van der Waals surface area contributed by atoms with Gasteiger partial charge >= 0.3 is 0 Å². The fraction of sp³-hybridized carbons (Fsp3) is 0. The number of pyridine rings is 1. The summed E-state index contributed by atoms with van der Waals surface area (Å²) in [6.45, 7) is 0. The van der Waals surface area contributed by atoms with Crippen molar-refractivity contribution in [2.75, 3.05) is 5.32 Å². The van der Waals surface area contributed by atoms with Crippen LogP contribution >= 0.6 is 0 Å². The zero-order valence-corrected chi connectivity index (χ0v) is 9.04. The van der Waals surface area contributed by atoms with Crippen LogP contribution in [0.2, 0.25) is 0 Å². The molecule has 0 aliphatic carbocycles. The van der Waals surface area contributed by atoms with E-state index in [0.717, 1.165) is 16.6 Å². The van der Waals surface area contributed by atoms with Gasteiger partial charge in [-0.1, -0.05) is 24.3 Å². The number of rotatable bonds is 2. The van der Waals surface area contributed by atoms with Crippen molar-refractivity contribution >= 4 is 22.4 Å². The van der Waals surface area contributed by atoms with E-state index in [1.807, 2.05) is 24.3 Å². The van der Waals surface area contributed by atoms with Crippen LogP contribution in [-0.2, 0) is 0 Å². The van der Waals surface area contributed by atoms with Gasteiger partial charge < -0.3 is 5.32 Å². The summed E-state index contributed by atoms with van der Waals surface area (Å²) in [6, 6.07) is 10.1. The van der Waals surface area contributed by atoms with Gasteiger partial charge in [0, 0.05) is 24.0 Å². The van der Waals surface area contributed by atoms with Crippen LogP contribution in [0.3, 0.4) is 0 Å². The van der Waals surface area contributed by atoms with Crippen molar-refractivity contribution in [1.82, 2.24) is 15.0 Å². The van der Waals surface area contributed by atoms with Crippen molar-refractivity contribution in [3.63, 3.8) is 0 Å². The van der Waals surface area contributed by atoms with E-state index in [2.05, 4.69) is 26.3 Å². The van der Waals surface area contributed by atoms with Gasteiger partial charge in [-0.3, -0.25) is 4.98 Å². The molecule has 82 valence electrons. The second-order valence-electron chi connectivity index (χ2n) is 3.60. The van der Waals surface area contributed by atoms with Gasteiger partial charge in [0.05, 0.1) is 6.20 Å². The van der Waals surface area contributed by atoms with Gasteiger partial charge in [0.1, 0.15) is 11.6 Å². The molecule has 17 heavy (non-hydrogen) atoms. The molecule has 0 spiro atoms. The summed E-state index contributed by atoms with van der Waals surface area (Å²) in [6.07, 6.45) is 6.74. The minimum Gasteiger partial charge on any atom is -0.323 e. The van der Waals surface area contributed by atoms with Gasteiger partial charge in [0.2, 0.25) is 0 Å². The number of anilines is 2. The van der Waals surface area contributed by atoms with E-state index in [1.54, 1.807) is 24.8 Å². The van der Waals surface area contributed by atoms with Crippen LogP contribution in [0, 0.1) is 0 Å². The minimum absolute atomic E-state index is 0.691. The lowest BCUT2D eigenvalue weighted by Gasteiger charge is -2.06. The quantitative estimate of drug-likeness (QED) is 0.724. The molecule has 0 amide bonds. The third-order valence-corrected chi connectivity index (χ3v) is 2.48. The van der Waals surface area contributed by atoms with Crippen molar-refractivity contribution in [1.29, 1.82) is 0 Å². The van der Waals surface area contributed by atoms with Gasteiger partial charge in [0.25, 0.3) is 0 Å².